The van der Waals surface area contributed by atoms with Gasteiger partial charge >= 0.3 is 0 Å². The lowest BCUT2D eigenvalue weighted by Gasteiger charge is -2.19. The Morgan fingerprint density at radius 3 is 2.91 bits per heavy atom. The Kier molecular flexibility index (Phi) is 4.00. The van der Waals surface area contributed by atoms with Crippen molar-refractivity contribution in [3.63, 3.8) is 0 Å². The molecule has 0 aromatic rings. The normalized spacial score (nSPS) is 28.6. The van der Waals surface area contributed by atoms with Crippen LogP contribution in [0.3, 0.4) is 0 Å². The molecule has 2 nitrogen and oxygen atoms in total. The standard InChI is InChI=1S/C20H20O2S/c1-2-23-20-11-15-8-16(9-17-12-22-17)19(21)10-14(15)7-13-5-3-4-6-18(13)20/h3-6,8,10-11,13,17H,2,7,9,12H2,1H3/t13?,17-/m1/s1. The highest BCUT2D eigenvalue weighted by Crippen LogP contribution is 2.41. The zero-order valence-corrected chi connectivity index (χ0v) is 14.1. The van der Waals surface area contributed by atoms with E-state index in [2.05, 4.69) is 43.4 Å². The van der Waals surface area contributed by atoms with Crippen LogP contribution in [0.15, 0.2) is 69.7 Å². The molecule has 2 atom stereocenters. The maximum Gasteiger partial charge on any atom is 0.182 e. The van der Waals surface area contributed by atoms with Crippen LogP contribution < -0.4 is 0 Å². The predicted molar refractivity (Wildman–Crippen MR) is 95.2 cm³/mol. The first-order valence-electron chi connectivity index (χ1n) is 8.25. The van der Waals surface area contributed by atoms with Gasteiger partial charge in [0, 0.05) is 22.8 Å². The Hall–Kier alpha value is -1.58. The number of ketones is 1. The quantitative estimate of drug-likeness (QED) is 0.723. The number of carbonyl (C=O) groups excluding carboxylic acids is 1. The smallest absolute Gasteiger partial charge is 0.182 e. The van der Waals surface area contributed by atoms with E-state index >= 15 is 0 Å². The second-order valence-corrected chi connectivity index (χ2v) is 7.58. The maximum absolute atomic E-state index is 12.4. The summed E-state index contributed by atoms with van der Waals surface area (Å²) in [5.74, 6) is 1.59. The lowest BCUT2D eigenvalue weighted by molar-refractivity contribution is -0.111. The Balaban J connectivity index is 1.73. The fourth-order valence-corrected chi connectivity index (χ4v) is 4.26. The van der Waals surface area contributed by atoms with Crippen LogP contribution in [0.1, 0.15) is 19.8 Å². The summed E-state index contributed by atoms with van der Waals surface area (Å²) in [4.78, 5) is 13.8. The molecule has 1 unspecified atom stereocenters. The average Bonchev–Trinajstić information content (AvgIpc) is 3.36. The van der Waals surface area contributed by atoms with E-state index in [4.69, 9.17) is 4.74 Å². The average molecular weight is 324 g/mol. The predicted octanol–water partition coefficient (Wildman–Crippen LogP) is 4.29. The maximum atomic E-state index is 12.4. The van der Waals surface area contributed by atoms with E-state index in [1.54, 1.807) is 0 Å². The molecule has 4 rings (SSSR count). The first-order chi connectivity index (χ1) is 11.2. The summed E-state index contributed by atoms with van der Waals surface area (Å²) in [6, 6.07) is 0. The van der Waals surface area contributed by atoms with Crippen molar-refractivity contribution in [2.24, 2.45) is 5.92 Å². The molecule has 3 heteroatoms. The number of rotatable bonds is 4. The van der Waals surface area contributed by atoms with E-state index < -0.39 is 0 Å². The lowest BCUT2D eigenvalue weighted by atomic mass is 9.84. The highest BCUT2D eigenvalue weighted by Gasteiger charge is 2.30. The van der Waals surface area contributed by atoms with Crippen LogP contribution in [-0.2, 0) is 9.53 Å². The van der Waals surface area contributed by atoms with Crippen molar-refractivity contribution in [3.8, 4) is 0 Å². The van der Waals surface area contributed by atoms with Crippen molar-refractivity contribution in [2.75, 3.05) is 12.4 Å². The molecule has 118 valence electrons. The van der Waals surface area contributed by atoms with E-state index in [9.17, 15) is 4.79 Å². The van der Waals surface area contributed by atoms with Crippen LogP contribution in [0.5, 0.6) is 0 Å². The Morgan fingerprint density at radius 1 is 1.26 bits per heavy atom. The molecule has 0 amide bonds. The van der Waals surface area contributed by atoms with Gasteiger partial charge in [0.1, 0.15) is 0 Å². The summed E-state index contributed by atoms with van der Waals surface area (Å²) in [6.07, 6.45) is 16.8. The fraction of sp³-hybridized carbons (Fsp3) is 0.350. The number of hydrogen-bond acceptors (Lipinski definition) is 3. The highest BCUT2D eigenvalue weighted by atomic mass is 32.2. The molecule has 0 radical (unpaired) electrons. The Bertz CT molecular complexity index is 727. The molecule has 0 saturated carbocycles. The van der Waals surface area contributed by atoms with Gasteiger partial charge in [0.15, 0.2) is 5.78 Å². The number of allylic oxidation sites excluding steroid dienone is 10. The summed E-state index contributed by atoms with van der Waals surface area (Å²) in [7, 11) is 0. The number of hydrogen-bond donors (Lipinski definition) is 0. The molecule has 23 heavy (non-hydrogen) atoms. The zero-order chi connectivity index (χ0) is 15.8. The fourth-order valence-electron chi connectivity index (χ4n) is 3.36. The minimum Gasteiger partial charge on any atom is -0.373 e. The monoisotopic (exact) mass is 324 g/mol. The number of fused-ring (bicyclic) bond motifs is 2. The van der Waals surface area contributed by atoms with Gasteiger partial charge in [0.2, 0.25) is 0 Å². The first-order valence-corrected chi connectivity index (χ1v) is 9.24. The second-order valence-electron chi connectivity index (χ2n) is 6.27. The van der Waals surface area contributed by atoms with Crippen molar-refractivity contribution in [1.82, 2.24) is 0 Å². The van der Waals surface area contributed by atoms with Crippen molar-refractivity contribution in [1.29, 1.82) is 0 Å². The molecule has 1 saturated heterocycles. The van der Waals surface area contributed by atoms with Crippen molar-refractivity contribution in [3.05, 3.63) is 69.7 Å². The number of thioether (sulfide) groups is 1. The largest absolute Gasteiger partial charge is 0.373 e. The molecular formula is C20H20O2S. The number of ether oxygens (including phenoxy) is 1. The molecule has 0 bridgehead atoms. The number of epoxide rings is 1. The minimum atomic E-state index is 0.163. The molecule has 0 N–H and O–H groups in total. The zero-order valence-electron chi connectivity index (χ0n) is 13.2. The van der Waals surface area contributed by atoms with Crippen LogP contribution in [0.4, 0.5) is 0 Å². The minimum absolute atomic E-state index is 0.163. The summed E-state index contributed by atoms with van der Waals surface area (Å²) in [5, 5.41) is 0. The van der Waals surface area contributed by atoms with Gasteiger partial charge in [0.05, 0.1) is 12.7 Å². The Morgan fingerprint density at radius 2 is 2.13 bits per heavy atom. The number of carbonyl (C=O) groups is 1. The lowest BCUT2D eigenvalue weighted by Crippen LogP contribution is -2.11. The molecule has 0 spiro atoms. The van der Waals surface area contributed by atoms with E-state index in [0.717, 1.165) is 30.8 Å². The molecule has 1 fully saturated rings. The van der Waals surface area contributed by atoms with Crippen molar-refractivity contribution >= 4 is 17.5 Å². The van der Waals surface area contributed by atoms with Gasteiger partial charge in [0.25, 0.3) is 0 Å². The van der Waals surface area contributed by atoms with Gasteiger partial charge < -0.3 is 4.74 Å². The first kappa shape index (κ1) is 15.0. The van der Waals surface area contributed by atoms with E-state index in [-0.39, 0.29) is 11.9 Å². The SMILES string of the molecule is CCSC1=C2C=CC=CC2CC2=CC(=O)C(C[C@@H]3CO3)=CC2=C1. The van der Waals surface area contributed by atoms with Gasteiger partial charge in [-0.25, -0.2) is 0 Å². The summed E-state index contributed by atoms with van der Waals surface area (Å²) >= 11 is 1.89. The highest BCUT2D eigenvalue weighted by molar-refractivity contribution is 8.03. The van der Waals surface area contributed by atoms with E-state index in [1.165, 1.54) is 21.6 Å². The van der Waals surface area contributed by atoms with Gasteiger partial charge in [-0.15, -0.1) is 11.8 Å². The molecule has 1 heterocycles. The van der Waals surface area contributed by atoms with E-state index in [1.807, 2.05) is 17.8 Å². The van der Waals surface area contributed by atoms with Crippen LogP contribution >= 0.6 is 11.8 Å². The molecular weight excluding hydrogens is 304 g/mol. The third-order valence-corrected chi connectivity index (χ3v) is 5.57. The third-order valence-electron chi connectivity index (χ3n) is 4.61. The van der Waals surface area contributed by atoms with Crippen molar-refractivity contribution in [2.45, 2.75) is 25.9 Å². The van der Waals surface area contributed by atoms with Crippen LogP contribution in [-0.4, -0.2) is 24.2 Å². The third kappa shape index (κ3) is 3.08. The van der Waals surface area contributed by atoms with Gasteiger partial charge in [-0.05, 0) is 47.1 Å². The van der Waals surface area contributed by atoms with Crippen LogP contribution in [0, 0.1) is 5.92 Å². The molecule has 0 aromatic heterocycles. The molecule has 0 aromatic carbocycles. The molecule has 4 aliphatic rings. The summed E-state index contributed by atoms with van der Waals surface area (Å²) in [5.41, 5.74) is 4.66. The molecule has 3 aliphatic carbocycles. The van der Waals surface area contributed by atoms with Crippen molar-refractivity contribution < 1.29 is 9.53 Å². The van der Waals surface area contributed by atoms with E-state index in [0.29, 0.717) is 5.92 Å². The van der Waals surface area contributed by atoms with Gasteiger partial charge in [-0.1, -0.05) is 31.2 Å². The summed E-state index contributed by atoms with van der Waals surface area (Å²) < 4.78 is 5.29. The van der Waals surface area contributed by atoms with Crippen LogP contribution in [0.2, 0.25) is 0 Å². The van der Waals surface area contributed by atoms with Gasteiger partial charge in [-0.3, -0.25) is 4.79 Å². The van der Waals surface area contributed by atoms with Crippen LogP contribution in [0.25, 0.3) is 0 Å². The summed E-state index contributed by atoms with van der Waals surface area (Å²) in [6.45, 7) is 2.98. The molecule has 1 aliphatic heterocycles. The Labute approximate surface area is 141 Å². The topological polar surface area (TPSA) is 29.6 Å². The second kappa shape index (κ2) is 6.14. The van der Waals surface area contributed by atoms with Gasteiger partial charge in [-0.2, -0.15) is 0 Å².